The van der Waals surface area contributed by atoms with Crippen molar-refractivity contribution in [2.45, 2.75) is 6.92 Å². The van der Waals surface area contributed by atoms with Crippen LogP contribution in [0, 0.1) is 6.92 Å². The first kappa shape index (κ1) is 13.8. The van der Waals surface area contributed by atoms with Crippen LogP contribution in [0.5, 0.6) is 5.75 Å². The van der Waals surface area contributed by atoms with E-state index in [2.05, 4.69) is 15.3 Å². The standard InChI is InChI=1S/C16H13N3O3/c1-9-3-2-4-11-12(9)14(20)13(16(22)18-11)19-15(21)10-5-7-17-8-6-10/h2-8H,1H3,(H,19,21)(H2,18,20,22). The number of hydrogen-bond acceptors (Lipinski definition) is 4. The minimum absolute atomic E-state index is 0.163. The van der Waals surface area contributed by atoms with Gasteiger partial charge in [-0.1, -0.05) is 12.1 Å². The van der Waals surface area contributed by atoms with E-state index in [1.807, 2.05) is 13.0 Å². The molecule has 3 rings (SSSR count). The number of benzene rings is 1. The first-order valence-corrected chi connectivity index (χ1v) is 6.64. The average molecular weight is 295 g/mol. The van der Waals surface area contributed by atoms with E-state index in [9.17, 15) is 14.7 Å². The number of H-pyrrole nitrogens is 1. The molecule has 2 aromatic heterocycles. The summed E-state index contributed by atoms with van der Waals surface area (Å²) in [6.45, 7) is 1.81. The molecule has 0 saturated carbocycles. The number of nitrogens with one attached hydrogen (secondary N) is 2. The lowest BCUT2D eigenvalue weighted by molar-refractivity contribution is 0.102. The molecule has 0 aliphatic rings. The molecule has 0 spiro atoms. The first-order chi connectivity index (χ1) is 10.6. The number of carbonyl (C=O) groups excluding carboxylic acids is 1. The minimum atomic E-state index is -0.557. The normalized spacial score (nSPS) is 10.6. The smallest absolute Gasteiger partial charge is 0.276 e. The van der Waals surface area contributed by atoms with Crippen LogP contribution in [-0.4, -0.2) is 21.0 Å². The lowest BCUT2D eigenvalue weighted by atomic mass is 10.1. The van der Waals surface area contributed by atoms with Gasteiger partial charge in [0.25, 0.3) is 11.5 Å². The van der Waals surface area contributed by atoms with E-state index in [0.29, 0.717) is 16.5 Å². The summed E-state index contributed by atoms with van der Waals surface area (Å²) < 4.78 is 0. The van der Waals surface area contributed by atoms with Gasteiger partial charge < -0.3 is 15.4 Å². The predicted octanol–water partition coefficient (Wildman–Crippen LogP) is 2.19. The molecule has 0 saturated heterocycles. The number of nitrogens with zero attached hydrogens (tertiary/aromatic N) is 1. The van der Waals surface area contributed by atoms with Crippen LogP contribution < -0.4 is 10.9 Å². The molecule has 6 nitrogen and oxygen atoms in total. The van der Waals surface area contributed by atoms with Gasteiger partial charge in [-0.25, -0.2) is 0 Å². The van der Waals surface area contributed by atoms with Crippen molar-refractivity contribution in [1.82, 2.24) is 9.97 Å². The zero-order valence-electron chi connectivity index (χ0n) is 11.8. The number of aryl methyl sites for hydroxylation is 1. The van der Waals surface area contributed by atoms with Gasteiger partial charge >= 0.3 is 0 Å². The lowest BCUT2D eigenvalue weighted by Crippen LogP contribution is -2.20. The van der Waals surface area contributed by atoms with Gasteiger partial charge in [0.1, 0.15) is 0 Å². The molecule has 2 heterocycles. The summed E-state index contributed by atoms with van der Waals surface area (Å²) in [7, 11) is 0. The van der Waals surface area contributed by atoms with Crippen molar-refractivity contribution in [1.29, 1.82) is 0 Å². The highest BCUT2D eigenvalue weighted by atomic mass is 16.3. The Morgan fingerprint density at radius 3 is 2.68 bits per heavy atom. The SMILES string of the molecule is Cc1cccc2[nH]c(=O)c(NC(=O)c3ccncc3)c(O)c12. The zero-order valence-corrected chi connectivity index (χ0v) is 11.8. The fourth-order valence-corrected chi connectivity index (χ4v) is 2.31. The number of anilines is 1. The van der Waals surface area contributed by atoms with Crippen LogP contribution in [0.25, 0.3) is 10.9 Å². The fourth-order valence-electron chi connectivity index (χ4n) is 2.31. The molecule has 0 aliphatic heterocycles. The second-order valence-electron chi connectivity index (χ2n) is 4.87. The van der Waals surface area contributed by atoms with Gasteiger partial charge in [0.2, 0.25) is 0 Å². The van der Waals surface area contributed by atoms with Crippen LogP contribution in [0.4, 0.5) is 5.69 Å². The first-order valence-electron chi connectivity index (χ1n) is 6.64. The Kier molecular flexibility index (Phi) is 3.34. The van der Waals surface area contributed by atoms with Crippen molar-refractivity contribution in [3.05, 3.63) is 64.2 Å². The van der Waals surface area contributed by atoms with Crippen molar-refractivity contribution < 1.29 is 9.90 Å². The molecule has 0 aliphatic carbocycles. The van der Waals surface area contributed by atoms with Gasteiger partial charge in [-0.05, 0) is 30.7 Å². The summed E-state index contributed by atoms with van der Waals surface area (Å²) in [4.78, 5) is 30.7. The number of aromatic amines is 1. The summed E-state index contributed by atoms with van der Waals surface area (Å²) in [6, 6.07) is 8.33. The van der Waals surface area contributed by atoms with Gasteiger partial charge in [-0.3, -0.25) is 14.6 Å². The summed E-state index contributed by atoms with van der Waals surface area (Å²) in [5.41, 5.74) is 0.940. The number of aromatic hydroxyl groups is 1. The van der Waals surface area contributed by atoms with Gasteiger partial charge in [-0.2, -0.15) is 0 Å². The van der Waals surface area contributed by atoms with Crippen LogP contribution in [0.2, 0.25) is 0 Å². The Hall–Kier alpha value is -3.15. The Morgan fingerprint density at radius 1 is 1.23 bits per heavy atom. The maximum absolute atomic E-state index is 12.1. The molecule has 0 atom stereocenters. The highest BCUT2D eigenvalue weighted by Gasteiger charge is 2.16. The number of carbonyl (C=O) groups is 1. The van der Waals surface area contributed by atoms with E-state index in [-0.39, 0.29) is 11.4 Å². The predicted molar refractivity (Wildman–Crippen MR) is 83.2 cm³/mol. The lowest BCUT2D eigenvalue weighted by Gasteiger charge is -2.10. The summed E-state index contributed by atoms with van der Waals surface area (Å²) in [5.74, 6) is -0.726. The molecule has 22 heavy (non-hydrogen) atoms. The second kappa shape index (κ2) is 5.33. The number of amides is 1. The van der Waals surface area contributed by atoms with Crippen LogP contribution in [0.15, 0.2) is 47.5 Å². The largest absolute Gasteiger partial charge is 0.505 e. The minimum Gasteiger partial charge on any atom is -0.505 e. The Balaban J connectivity index is 2.10. The maximum Gasteiger partial charge on any atom is 0.276 e. The van der Waals surface area contributed by atoms with E-state index in [1.54, 1.807) is 12.1 Å². The monoisotopic (exact) mass is 295 g/mol. The molecule has 110 valence electrons. The maximum atomic E-state index is 12.1. The fraction of sp³-hybridized carbons (Fsp3) is 0.0625. The molecule has 3 N–H and O–H groups in total. The van der Waals surface area contributed by atoms with E-state index in [4.69, 9.17) is 0 Å². The number of pyridine rings is 2. The third-order valence-corrected chi connectivity index (χ3v) is 3.40. The Bertz CT molecular complexity index is 917. The van der Waals surface area contributed by atoms with Crippen LogP contribution >= 0.6 is 0 Å². The third kappa shape index (κ3) is 2.31. The number of aromatic nitrogens is 2. The Morgan fingerprint density at radius 2 is 1.95 bits per heavy atom. The number of hydrogen-bond donors (Lipinski definition) is 3. The second-order valence-corrected chi connectivity index (χ2v) is 4.87. The number of fused-ring (bicyclic) bond motifs is 1. The van der Waals surface area contributed by atoms with Crippen LogP contribution in [0.1, 0.15) is 15.9 Å². The molecule has 0 bridgehead atoms. The third-order valence-electron chi connectivity index (χ3n) is 3.40. The average Bonchev–Trinajstić information content (AvgIpc) is 2.52. The van der Waals surface area contributed by atoms with Crippen LogP contribution in [-0.2, 0) is 0 Å². The molecule has 3 aromatic rings. The van der Waals surface area contributed by atoms with Gasteiger partial charge in [0.15, 0.2) is 11.4 Å². The molecule has 6 heteroatoms. The molecular formula is C16H13N3O3. The molecule has 0 fully saturated rings. The van der Waals surface area contributed by atoms with Gasteiger partial charge in [0, 0.05) is 23.3 Å². The van der Waals surface area contributed by atoms with E-state index >= 15 is 0 Å². The summed E-state index contributed by atoms with van der Waals surface area (Å²) in [5, 5.41) is 13.3. The molecular weight excluding hydrogens is 282 g/mol. The highest BCUT2D eigenvalue weighted by Crippen LogP contribution is 2.30. The summed E-state index contributed by atoms with van der Waals surface area (Å²) >= 11 is 0. The van der Waals surface area contributed by atoms with Crippen molar-refractivity contribution in [2.75, 3.05) is 5.32 Å². The Labute approximate surface area is 125 Å². The topological polar surface area (TPSA) is 95.1 Å². The van der Waals surface area contributed by atoms with E-state index < -0.39 is 11.5 Å². The van der Waals surface area contributed by atoms with Crippen molar-refractivity contribution in [3.8, 4) is 5.75 Å². The van der Waals surface area contributed by atoms with E-state index in [1.165, 1.54) is 24.5 Å². The molecule has 0 unspecified atom stereocenters. The molecule has 0 radical (unpaired) electrons. The van der Waals surface area contributed by atoms with Crippen molar-refractivity contribution >= 4 is 22.5 Å². The highest BCUT2D eigenvalue weighted by molar-refractivity contribution is 6.06. The molecule has 1 amide bonds. The van der Waals surface area contributed by atoms with Crippen molar-refractivity contribution in [2.24, 2.45) is 0 Å². The van der Waals surface area contributed by atoms with E-state index in [0.717, 1.165) is 5.56 Å². The quantitative estimate of drug-likeness (QED) is 0.675. The molecule has 1 aromatic carbocycles. The van der Waals surface area contributed by atoms with Gasteiger partial charge in [-0.15, -0.1) is 0 Å². The number of rotatable bonds is 2. The van der Waals surface area contributed by atoms with Crippen LogP contribution in [0.3, 0.4) is 0 Å². The van der Waals surface area contributed by atoms with Gasteiger partial charge in [0.05, 0.1) is 5.52 Å². The van der Waals surface area contributed by atoms with Crippen molar-refractivity contribution in [3.63, 3.8) is 0 Å². The zero-order chi connectivity index (χ0) is 15.7. The summed E-state index contributed by atoms with van der Waals surface area (Å²) in [6.07, 6.45) is 2.95.